The van der Waals surface area contributed by atoms with Gasteiger partial charge in [0.2, 0.25) is 0 Å². The number of amides is 1. The van der Waals surface area contributed by atoms with Gasteiger partial charge >= 0.3 is 11.7 Å². The second kappa shape index (κ2) is 17.1. The van der Waals surface area contributed by atoms with Gasteiger partial charge in [-0.25, -0.2) is 9.59 Å². The van der Waals surface area contributed by atoms with Crippen LogP contribution in [0.15, 0.2) is 51.8 Å². The van der Waals surface area contributed by atoms with E-state index in [1.807, 2.05) is 20.8 Å². The van der Waals surface area contributed by atoms with Gasteiger partial charge in [-0.2, -0.15) is 0 Å². The van der Waals surface area contributed by atoms with Gasteiger partial charge in [0.15, 0.2) is 5.78 Å². The van der Waals surface area contributed by atoms with Crippen molar-refractivity contribution >= 4 is 11.9 Å². The maximum atomic E-state index is 12.0. The predicted octanol–water partition coefficient (Wildman–Crippen LogP) is 6.52. The molecule has 0 fully saturated rings. The average molecular weight is 488 g/mol. The van der Waals surface area contributed by atoms with Crippen molar-refractivity contribution in [1.29, 1.82) is 0 Å². The van der Waals surface area contributed by atoms with Crippen molar-refractivity contribution < 1.29 is 23.8 Å². The van der Waals surface area contributed by atoms with Crippen molar-refractivity contribution in [2.75, 3.05) is 7.11 Å². The smallest absolute Gasteiger partial charge is 0.410 e. The average Bonchev–Trinajstić information content (AvgIpc) is 2.85. The first kappa shape index (κ1) is 31.6. The van der Waals surface area contributed by atoms with Crippen LogP contribution in [0.4, 0.5) is 4.79 Å². The van der Waals surface area contributed by atoms with E-state index in [0.29, 0.717) is 18.6 Å². The van der Waals surface area contributed by atoms with Gasteiger partial charge in [-0.15, -0.1) is 0 Å². The molecular weight excluding hydrogens is 446 g/mol. The monoisotopic (exact) mass is 487 g/mol. The zero-order chi connectivity index (χ0) is 27.0. The molecule has 1 atom stereocenters. The van der Waals surface area contributed by atoms with Crippen LogP contribution in [0.3, 0.4) is 0 Å². The number of nitrogens with one attached hydrogen (secondary N) is 1. The Morgan fingerprint density at radius 3 is 2.23 bits per heavy atom. The van der Waals surface area contributed by atoms with E-state index in [9.17, 15) is 19.5 Å². The fraction of sp³-hybridized carbons (Fsp3) is 0.464. The van der Waals surface area contributed by atoms with Crippen LogP contribution in [0.25, 0.3) is 0 Å². The summed E-state index contributed by atoms with van der Waals surface area (Å²) in [4.78, 5) is 34.7. The minimum absolute atomic E-state index is 0.144. The summed E-state index contributed by atoms with van der Waals surface area (Å²) in [6.07, 6.45) is 5.03. The van der Waals surface area contributed by atoms with E-state index in [1.165, 1.54) is 30.5 Å². The molecule has 0 aliphatic heterocycles. The van der Waals surface area contributed by atoms with E-state index in [1.54, 1.807) is 19.9 Å². The van der Waals surface area contributed by atoms with E-state index >= 15 is 0 Å². The minimum Gasteiger partial charge on any atom is -0.507 e. The van der Waals surface area contributed by atoms with Gasteiger partial charge in [0.05, 0.1) is 7.11 Å². The van der Waals surface area contributed by atoms with Crippen molar-refractivity contribution in [3.05, 3.63) is 75.5 Å². The Labute approximate surface area is 209 Å². The molecule has 0 radical (unpaired) electrons. The highest BCUT2D eigenvalue weighted by molar-refractivity contribution is 5.99. The first-order chi connectivity index (χ1) is 16.6. The lowest BCUT2D eigenvalue weighted by atomic mass is 9.99. The van der Waals surface area contributed by atoms with E-state index in [2.05, 4.69) is 48.2 Å². The normalized spacial score (nSPS) is 11.1. The van der Waals surface area contributed by atoms with Gasteiger partial charge in [-0.1, -0.05) is 77.4 Å². The quantitative estimate of drug-likeness (QED) is 0.411. The molecule has 1 aromatic heterocycles. The number of alkyl carbamates (subject to hydrolysis) is 1. The number of carbonyl (C=O) groups excluding carboxylic acids is 2. The Balaban J connectivity index is 0.000000870. The molecule has 35 heavy (non-hydrogen) atoms. The third-order valence-electron chi connectivity index (χ3n) is 5.01. The molecule has 0 aliphatic rings. The molecule has 194 valence electrons. The fourth-order valence-corrected chi connectivity index (χ4v) is 2.84. The number of Topliss-reactive ketones (excluding diaryl/α,β-unsaturated/α-hetero) is 1. The topological polar surface area (TPSA) is 106 Å². The summed E-state index contributed by atoms with van der Waals surface area (Å²) < 4.78 is 9.60. The van der Waals surface area contributed by atoms with Crippen molar-refractivity contribution in [3.8, 4) is 5.75 Å². The molecular formula is C28H41NO6. The highest BCUT2D eigenvalue weighted by Gasteiger charge is 2.22. The van der Waals surface area contributed by atoms with Crippen LogP contribution < -0.4 is 10.9 Å². The number of aryl methyl sites for hydroxylation is 2. The molecule has 0 bridgehead atoms. The van der Waals surface area contributed by atoms with Crippen molar-refractivity contribution in [2.45, 2.75) is 73.6 Å². The number of allylic oxidation sites excluding steroid dienone is 1. The molecule has 1 aromatic carbocycles. The van der Waals surface area contributed by atoms with Gasteiger partial charge < -0.3 is 14.3 Å². The van der Waals surface area contributed by atoms with Gasteiger partial charge in [-0.05, 0) is 31.7 Å². The maximum Gasteiger partial charge on any atom is 0.410 e. The van der Waals surface area contributed by atoms with Crippen LogP contribution in [-0.2, 0) is 11.2 Å². The van der Waals surface area contributed by atoms with Gasteiger partial charge in [0.1, 0.15) is 17.1 Å². The zero-order valence-corrected chi connectivity index (χ0v) is 22.3. The van der Waals surface area contributed by atoms with Crippen molar-refractivity contribution in [1.82, 2.24) is 5.32 Å². The Kier molecular flexibility index (Phi) is 15.5. The van der Waals surface area contributed by atoms with Crippen LogP contribution >= 0.6 is 0 Å². The Morgan fingerprint density at radius 2 is 1.74 bits per heavy atom. The summed E-state index contributed by atoms with van der Waals surface area (Å²) in [6.45, 7) is 13.4. The van der Waals surface area contributed by atoms with Crippen LogP contribution in [0, 0.1) is 12.8 Å². The van der Waals surface area contributed by atoms with Crippen molar-refractivity contribution in [2.24, 2.45) is 5.92 Å². The highest BCUT2D eigenvalue weighted by atomic mass is 16.5. The van der Waals surface area contributed by atoms with Gasteiger partial charge in [0, 0.05) is 24.1 Å². The van der Waals surface area contributed by atoms with E-state index in [4.69, 9.17) is 4.42 Å². The molecule has 1 heterocycles. The molecule has 7 heteroatoms. The molecule has 0 saturated carbocycles. The lowest BCUT2D eigenvalue weighted by molar-refractivity contribution is 0.0931. The predicted molar refractivity (Wildman–Crippen MR) is 140 cm³/mol. The summed E-state index contributed by atoms with van der Waals surface area (Å²) in [5, 5.41) is 12.4. The molecule has 1 unspecified atom stereocenters. The summed E-state index contributed by atoms with van der Waals surface area (Å²) in [6, 6.07) is 9.97. The Morgan fingerprint density at radius 1 is 1.14 bits per heavy atom. The second-order valence-electron chi connectivity index (χ2n) is 8.07. The number of hydrogen-bond donors (Lipinski definition) is 2. The van der Waals surface area contributed by atoms with Gasteiger partial charge in [0.25, 0.3) is 0 Å². The van der Waals surface area contributed by atoms with Crippen molar-refractivity contribution in [3.63, 3.8) is 0 Å². The summed E-state index contributed by atoms with van der Waals surface area (Å²) in [5.74, 6) is -1.04. The second-order valence-corrected chi connectivity index (χ2v) is 8.07. The first-order valence-corrected chi connectivity index (χ1v) is 12.1. The maximum absolute atomic E-state index is 12.0. The van der Waals surface area contributed by atoms with Gasteiger partial charge in [-0.3, -0.25) is 10.1 Å². The molecule has 7 nitrogen and oxygen atoms in total. The largest absolute Gasteiger partial charge is 0.507 e. The van der Waals surface area contributed by atoms with Crippen LogP contribution in [0.5, 0.6) is 5.75 Å². The SMILES string of the molecule is CC.CCc1ccc(C)cc1.COC(=O)N/C=C/CCC(C)c1cc(O)c(C(=O)C(C)C)c(=O)o1. The molecule has 2 rings (SSSR count). The van der Waals surface area contributed by atoms with E-state index < -0.39 is 23.4 Å². The minimum atomic E-state index is -0.821. The fourth-order valence-electron chi connectivity index (χ4n) is 2.84. The number of ketones is 1. The highest BCUT2D eigenvalue weighted by Crippen LogP contribution is 2.25. The Bertz CT molecular complexity index is 989. The number of aromatic hydroxyl groups is 1. The van der Waals surface area contributed by atoms with E-state index in [-0.39, 0.29) is 17.2 Å². The van der Waals surface area contributed by atoms with E-state index in [0.717, 1.165) is 6.42 Å². The molecule has 1 amide bonds. The standard InChI is InChI=1S/C17H23NO6.C9H12.C2H6/c1-10(2)15(20)14-12(19)9-13(24-16(14)21)11(3)7-5-6-8-18-17(22)23-4;1-3-9-6-4-8(2)5-7-9;1-2/h6,8-11,19H,5,7H2,1-4H3,(H,18,22);4-7H,3H2,1-2H3;1-2H3/b8-6+;;. The number of rotatable bonds is 8. The van der Waals surface area contributed by atoms with Crippen LogP contribution in [0.2, 0.25) is 0 Å². The molecule has 0 spiro atoms. The summed E-state index contributed by atoms with van der Waals surface area (Å²) >= 11 is 0. The lowest BCUT2D eigenvalue weighted by Crippen LogP contribution is -2.19. The zero-order valence-electron chi connectivity index (χ0n) is 22.3. The number of benzene rings is 1. The van der Waals surface area contributed by atoms with Crippen LogP contribution in [-0.4, -0.2) is 24.1 Å². The number of carbonyl (C=O) groups is 2. The molecule has 2 aromatic rings. The third kappa shape index (κ3) is 11.6. The molecule has 0 saturated heterocycles. The summed E-state index contributed by atoms with van der Waals surface area (Å²) in [7, 11) is 1.27. The Hall–Kier alpha value is -3.35. The van der Waals surface area contributed by atoms with Crippen LogP contribution in [0.1, 0.15) is 87.5 Å². The third-order valence-corrected chi connectivity index (χ3v) is 5.01. The number of hydrogen-bond acceptors (Lipinski definition) is 6. The summed E-state index contributed by atoms with van der Waals surface area (Å²) in [5.41, 5.74) is 1.63. The number of ether oxygens (including phenoxy) is 1. The number of methoxy groups -OCH3 is 1. The lowest BCUT2D eigenvalue weighted by Gasteiger charge is -2.11. The molecule has 0 aliphatic carbocycles. The molecule has 2 N–H and O–H groups in total. The first-order valence-electron chi connectivity index (χ1n) is 12.1.